The maximum Gasteiger partial charge on any atom is 0.290 e. The summed E-state index contributed by atoms with van der Waals surface area (Å²) >= 11 is 0. The van der Waals surface area contributed by atoms with E-state index in [-0.39, 0.29) is 5.91 Å². The van der Waals surface area contributed by atoms with Gasteiger partial charge >= 0.3 is 0 Å². The Morgan fingerprint density at radius 1 is 0.939 bits per heavy atom. The van der Waals surface area contributed by atoms with Crippen LogP contribution in [-0.2, 0) is 19.6 Å². The number of piperidine rings is 1. The molecule has 0 atom stereocenters. The Morgan fingerprint density at radius 3 is 2.42 bits per heavy atom. The van der Waals surface area contributed by atoms with Gasteiger partial charge in [-0.05, 0) is 63.0 Å². The van der Waals surface area contributed by atoms with Gasteiger partial charge in [-0.1, -0.05) is 30.7 Å². The number of benzene rings is 1. The van der Waals surface area contributed by atoms with Crippen molar-refractivity contribution in [1.29, 1.82) is 0 Å². The second-order valence-corrected chi connectivity index (χ2v) is 8.74. The molecule has 1 saturated heterocycles. The van der Waals surface area contributed by atoms with Crippen LogP contribution in [0.15, 0.2) is 49.1 Å². The van der Waals surface area contributed by atoms with Crippen LogP contribution < -0.4 is 5.32 Å². The van der Waals surface area contributed by atoms with E-state index >= 15 is 0 Å². The van der Waals surface area contributed by atoms with Crippen LogP contribution in [0.25, 0.3) is 0 Å². The number of nitrogens with one attached hydrogen (secondary N) is 3. The van der Waals surface area contributed by atoms with Gasteiger partial charge in [0.15, 0.2) is 5.82 Å². The minimum absolute atomic E-state index is 0.147. The van der Waals surface area contributed by atoms with Crippen molar-refractivity contribution in [3.8, 4) is 0 Å². The van der Waals surface area contributed by atoms with Gasteiger partial charge in [-0.3, -0.25) is 4.79 Å². The first-order valence-electron chi connectivity index (χ1n) is 12.1. The molecule has 33 heavy (non-hydrogen) atoms. The number of carbonyl (C=O) groups excluding carboxylic acids is 1. The number of carbonyl (C=O) groups is 1. The highest BCUT2D eigenvalue weighted by molar-refractivity contribution is 5.90. The first-order valence-corrected chi connectivity index (χ1v) is 12.1. The molecule has 4 rings (SSSR count). The molecule has 1 aromatic carbocycles. The highest BCUT2D eigenvalue weighted by Crippen LogP contribution is 2.13. The van der Waals surface area contributed by atoms with Crippen molar-refractivity contribution in [2.45, 2.75) is 51.7 Å². The Labute approximate surface area is 195 Å². The molecule has 0 bridgehead atoms. The van der Waals surface area contributed by atoms with Crippen LogP contribution in [0.4, 0.5) is 0 Å². The Balaban J connectivity index is 1.22. The Morgan fingerprint density at radius 2 is 1.70 bits per heavy atom. The van der Waals surface area contributed by atoms with Crippen LogP contribution in [0, 0.1) is 0 Å². The molecule has 1 amide bonds. The molecule has 3 N–H and O–H groups in total. The topological polar surface area (TPSA) is 92.9 Å². The van der Waals surface area contributed by atoms with Crippen molar-refractivity contribution in [3.05, 3.63) is 71.8 Å². The summed E-state index contributed by atoms with van der Waals surface area (Å²) in [5, 5.41) is 3.56. The van der Waals surface area contributed by atoms with E-state index in [2.05, 4.69) is 54.4 Å². The molecule has 3 aromatic rings. The van der Waals surface area contributed by atoms with Crippen LogP contribution in [0.3, 0.4) is 0 Å². The summed E-state index contributed by atoms with van der Waals surface area (Å²) in [6.45, 7) is 6.60. The van der Waals surface area contributed by atoms with Crippen molar-refractivity contribution in [3.63, 3.8) is 0 Å². The van der Waals surface area contributed by atoms with Crippen LogP contribution in [0.1, 0.15) is 59.7 Å². The second-order valence-electron chi connectivity index (χ2n) is 8.74. The van der Waals surface area contributed by atoms with E-state index in [1.54, 1.807) is 29.7 Å². The standard InChI is InChI=1S/C25H35N7O/c33-25(24-29-13-14-30-24)32(20-23-27-11-12-28-23)19-22-8-6-21(7-9-22)18-26-10-2-5-17-31-15-3-1-4-16-31/h6-9,11-14,26H,1-5,10,15-20H2,(H,27,28)(H,29,30). The number of imidazole rings is 2. The van der Waals surface area contributed by atoms with Crippen LogP contribution in [0.5, 0.6) is 0 Å². The van der Waals surface area contributed by atoms with E-state index in [0.29, 0.717) is 18.9 Å². The van der Waals surface area contributed by atoms with Gasteiger partial charge in [0, 0.05) is 37.9 Å². The van der Waals surface area contributed by atoms with E-state index in [0.717, 1.165) is 24.5 Å². The largest absolute Gasteiger partial charge is 0.347 e. The lowest BCUT2D eigenvalue weighted by Crippen LogP contribution is -2.31. The summed E-state index contributed by atoms with van der Waals surface area (Å²) in [4.78, 5) is 31.6. The molecule has 0 radical (unpaired) electrons. The zero-order valence-corrected chi connectivity index (χ0v) is 19.3. The fourth-order valence-electron chi connectivity index (χ4n) is 4.28. The monoisotopic (exact) mass is 449 g/mol. The summed E-state index contributed by atoms with van der Waals surface area (Å²) in [6.07, 6.45) is 13.3. The zero-order valence-electron chi connectivity index (χ0n) is 19.3. The van der Waals surface area contributed by atoms with Gasteiger partial charge < -0.3 is 25.1 Å². The van der Waals surface area contributed by atoms with Gasteiger partial charge in [-0.2, -0.15) is 0 Å². The molecule has 1 aliphatic rings. The first-order chi connectivity index (χ1) is 16.3. The van der Waals surface area contributed by atoms with Crippen molar-refractivity contribution in [1.82, 2.24) is 35.1 Å². The maximum atomic E-state index is 12.9. The predicted molar refractivity (Wildman–Crippen MR) is 128 cm³/mol. The van der Waals surface area contributed by atoms with Gasteiger partial charge in [0.1, 0.15) is 5.82 Å². The molecule has 8 heteroatoms. The molecule has 0 spiro atoms. The minimum Gasteiger partial charge on any atom is -0.347 e. The number of unbranched alkanes of at least 4 members (excludes halogenated alkanes) is 1. The lowest BCUT2D eigenvalue weighted by Gasteiger charge is -2.26. The molecule has 3 heterocycles. The second kappa shape index (κ2) is 12.3. The highest BCUT2D eigenvalue weighted by atomic mass is 16.2. The average molecular weight is 450 g/mol. The smallest absolute Gasteiger partial charge is 0.290 e. The molecule has 0 saturated carbocycles. The fraction of sp³-hybridized carbons (Fsp3) is 0.480. The number of H-pyrrole nitrogens is 2. The van der Waals surface area contributed by atoms with Crippen LogP contribution in [0.2, 0.25) is 0 Å². The Kier molecular flexibility index (Phi) is 8.66. The third-order valence-corrected chi connectivity index (χ3v) is 6.14. The lowest BCUT2D eigenvalue weighted by atomic mass is 10.1. The van der Waals surface area contributed by atoms with Crippen LogP contribution >= 0.6 is 0 Å². The van der Waals surface area contributed by atoms with Gasteiger partial charge in [0.25, 0.3) is 5.91 Å². The summed E-state index contributed by atoms with van der Waals surface area (Å²) in [5.41, 5.74) is 2.33. The van der Waals surface area contributed by atoms with Crippen LogP contribution in [-0.4, -0.2) is 61.8 Å². The zero-order chi connectivity index (χ0) is 22.7. The Bertz CT molecular complexity index is 932. The number of aromatic amines is 2. The summed E-state index contributed by atoms with van der Waals surface area (Å²) in [7, 11) is 0. The lowest BCUT2D eigenvalue weighted by molar-refractivity contribution is 0.0714. The van der Waals surface area contributed by atoms with Crippen molar-refractivity contribution < 1.29 is 4.79 Å². The molecular formula is C25H35N7O. The van der Waals surface area contributed by atoms with E-state index in [4.69, 9.17) is 0 Å². The van der Waals surface area contributed by atoms with Crippen molar-refractivity contribution in [2.75, 3.05) is 26.2 Å². The molecule has 8 nitrogen and oxygen atoms in total. The molecule has 0 aliphatic carbocycles. The van der Waals surface area contributed by atoms with Gasteiger partial charge in [0.2, 0.25) is 0 Å². The number of rotatable bonds is 12. The molecule has 0 unspecified atom stereocenters. The minimum atomic E-state index is -0.147. The molecule has 1 fully saturated rings. The normalized spacial score (nSPS) is 14.4. The maximum absolute atomic E-state index is 12.9. The van der Waals surface area contributed by atoms with Gasteiger partial charge in [-0.15, -0.1) is 0 Å². The third-order valence-electron chi connectivity index (χ3n) is 6.14. The molecule has 1 aliphatic heterocycles. The average Bonchev–Trinajstić information content (AvgIpc) is 3.57. The number of hydrogen-bond acceptors (Lipinski definition) is 5. The third kappa shape index (κ3) is 7.27. The van der Waals surface area contributed by atoms with Crippen molar-refractivity contribution >= 4 is 5.91 Å². The first kappa shape index (κ1) is 23.2. The van der Waals surface area contributed by atoms with E-state index < -0.39 is 0 Å². The summed E-state index contributed by atoms with van der Waals surface area (Å²) in [5.74, 6) is 0.936. The molecular weight excluding hydrogens is 414 g/mol. The Hall–Kier alpha value is -2.97. The summed E-state index contributed by atoms with van der Waals surface area (Å²) < 4.78 is 0. The SMILES string of the molecule is O=C(c1ncc[nH]1)N(Cc1ccc(CNCCCCN2CCCCC2)cc1)Cc1ncc[nH]1. The van der Waals surface area contributed by atoms with E-state index in [1.807, 2.05) is 0 Å². The number of amides is 1. The summed E-state index contributed by atoms with van der Waals surface area (Å²) in [6, 6.07) is 8.47. The highest BCUT2D eigenvalue weighted by Gasteiger charge is 2.19. The van der Waals surface area contributed by atoms with Gasteiger partial charge in [-0.25, -0.2) is 9.97 Å². The fourth-order valence-corrected chi connectivity index (χ4v) is 4.28. The number of aromatic nitrogens is 4. The molecule has 176 valence electrons. The van der Waals surface area contributed by atoms with Crippen molar-refractivity contribution in [2.24, 2.45) is 0 Å². The molecule has 2 aromatic heterocycles. The predicted octanol–water partition coefficient (Wildman–Crippen LogP) is 3.33. The van der Waals surface area contributed by atoms with Gasteiger partial charge in [0.05, 0.1) is 6.54 Å². The van der Waals surface area contributed by atoms with E-state index in [9.17, 15) is 4.79 Å². The number of nitrogens with zero attached hydrogens (tertiary/aromatic N) is 4. The van der Waals surface area contributed by atoms with E-state index in [1.165, 1.54) is 57.3 Å². The number of hydrogen-bond donors (Lipinski definition) is 3. The number of likely N-dealkylation sites (tertiary alicyclic amines) is 1. The quantitative estimate of drug-likeness (QED) is 0.369.